The van der Waals surface area contributed by atoms with Crippen LogP contribution in [0.4, 0.5) is 0 Å². The molecule has 2 aromatic rings. The van der Waals surface area contributed by atoms with Crippen LogP contribution in [0.2, 0.25) is 0 Å². The van der Waals surface area contributed by atoms with E-state index in [1.54, 1.807) is 18.2 Å². The Hall–Kier alpha value is -2.73. The molecule has 0 bridgehead atoms. The minimum absolute atomic E-state index is 0.108. The van der Waals surface area contributed by atoms with Crippen LogP contribution in [0.1, 0.15) is 24.0 Å². The molecule has 2 aromatic carbocycles. The monoisotopic (exact) mass is 369 g/mol. The van der Waals surface area contributed by atoms with Crippen molar-refractivity contribution in [1.82, 2.24) is 5.32 Å². The van der Waals surface area contributed by atoms with E-state index in [4.69, 9.17) is 14.2 Å². The Balaban J connectivity index is 1.49. The van der Waals surface area contributed by atoms with Gasteiger partial charge in [0.1, 0.15) is 5.75 Å². The van der Waals surface area contributed by atoms with Gasteiger partial charge < -0.3 is 24.6 Å². The van der Waals surface area contributed by atoms with Gasteiger partial charge in [0.15, 0.2) is 11.5 Å². The minimum Gasteiger partial charge on any atom is -0.508 e. The van der Waals surface area contributed by atoms with Gasteiger partial charge in [-0.1, -0.05) is 24.3 Å². The lowest BCUT2D eigenvalue weighted by molar-refractivity contribution is -0.121. The number of carbonyl (C=O) groups is 1. The van der Waals surface area contributed by atoms with Crippen LogP contribution in [-0.4, -0.2) is 37.6 Å². The summed E-state index contributed by atoms with van der Waals surface area (Å²) in [6.45, 7) is 2.07. The highest BCUT2D eigenvalue weighted by Crippen LogP contribution is 2.40. The summed E-state index contributed by atoms with van der Waals surface area (Å²) in [6, 6.07) is 12.9. The van der Waals surface area contributed by atoms with E-state index < -0.39 is 0 Å². The first-order chi connectivity index (χ1) is 13.2. The molecule has 0 atom stereocenters. The average Bonchev–Trinajstić information content (AvgIpc) is 3.17. The fraction of sp³-hybridized carbons (Fsp3) is 0.381. The molecule has 0 unspecified atom stereocenters. The molecule has 6 heteroatoms. The summed E-state index contributed by atoms with van der Waals surface area (Å²) in [4.78, 5) is 12.5. The molecule has 0 spiro atoms. The standard InChI is InChI=1S/C21H23NO5/c23-17-4-2-1-3-15(17)11-20(24)22-13-21(7-9-25-10-8-21)16-5-6-18-19(12-16)27-14-26-18/h1-6,12,23H,7-11,13-14H2,(H,22,24). The van der Waals surface area contributed by atoms with Crippen LogP contribution in [0, 0.1) is 0 Å². The number of benzene rings is 2. The van der Waals surface area contributed by atoms with Gasteiger partial charge in [-0.3, -0.25) is 4.79 Å². The van der Waals surface area contributed by atoms with Gasteiger partial charge in [0.2, 0.25) is 12.7 Å². The summed E-state index contributed by atoms with van der Waals surface area (Å²) >= 11 is 0. The molecular weight excluding hydrogens is 346 g/mol. The van der Waals surface area contributed by atoms with E-state index in [0.29, 0.717) is 25.3 Å². The predicted molar refractivity (Wildman–Crippen MR) is 99.1 cm³/mol. The number of hydrogen-bond donors (Lipinski definition) is 2. The van der Waals surface area contributed by atoms with E-state index in [1.165, 1.54) is 0 Å². The molecule has 0 saturated carbocycles. The minimum atomic E-state index is -0.201. The number of aromatic hydroxyl groups is 1. The van der Waals surface area contributed by atoms with Crippen LogP contribution < -0.4 is 14.8 Å². The molecular formula is C21H23NO5. The van der Waals surface area contributed by atoms with Gasteiger partial charge in [0, 0.05) is 30.7 Å². The molecule has 6 nitrogen and oxygen atoms in total. The van der Waals surface area contributed by atoms with Crippen molar-refractivity contribution in [3.05, 3.63) is 53.6 Å². The second kappa shape index (κ2) is 7.48. The Morgan fingerprint density at radius 1 is 1.07 bits per heavy atom. The highest BCUT2D eigenvalue weighted by molar-refractivity contribution is 5.79. The van der Waals surface area contributed by atoms with Crippen molar-refractivity contribution in [3.8, 4) is 17.2 Å². The Bertz CT molecular complexity index is 829. The van der Waals surface area contributed by atoms with Crippen molar-refractivity contribution in [2.75, 3.05) is 26.6 Å². The predicted octanol–water partition coefficient (Wildman–Crippen LogP) is 2.53. The second-order valence-corrected chi connectivity index (χ2v) is 7.04. The number of para-hydroxylation sites is 1. The van der Waals surface area contributed by atoms with E-state index in [1.807, 2.05) is 24.3 Å². The van der Waals surface area contributed by atoms with Crippen molar-refractivity contribution in [2.45, 2.75) is 24.7 Å². The van der Waals surface area contributed by atoms with Crippen molar-refractivity contribution >= 4 is 5.91 Å². The molecule has 2 aliphatic rings. The molecule has 2 N–H and O–H groups in total. The van der Waals surface area contributed by atoms with E-state index in [0.717, 1.165) is 29.9 Å². The fourth-order valence-electron chi connectivity index (χ4n) is 3.72. The second-order valence-electron chi connectivity index (χ2n) is 7.04. The molecule has 27 heavy (non-hydrogen) atoms. The Morgan fingerprint density at radius 2 is 1.85 bits per heavy atom. The third-order valence-electron chi connectivity index (χ3n) is 5.40. The summed E-state index contributed by atoms with van der Waals surface area (Å²) in [7, 11) is 0. The largest absolute Gasteiger partial charge is 0.508 e. The average molecular weight is 369 g/mol. The van der Waals surface area contributed by atoms with Crippen molar-refractivity contribution in [1.29, 1.82) is 0 Å². The van der Waals surface area contributed by atoms with Crippen LogP contribution in [0.5, 0.6) is 17.2 Å². The number of phenols is 1. The first-order valence-electron chi connectivity index (χ1n) is 9.18. The number of amides is 1. The zero-order valence-electron chi connectivity index (χ0n) is 15.1. The Labute approximate surface area is 158 Å². The molecule has 142 valence electrons. The van der Waals surface area contributed by atoms with Gasteiger partial charge in [0.05, 0.1) is 6.42 Å². The first-order valence-corrected chi connectivity index (χ1v) is 9.18. The van der Waals surface area contributed by atoms with Crippen molar-refractivity contribution < 1.29 is 24.1 Å². The number of rotatable bonds is 5. The Morgan fingerprint density at radius 3 is 2.67 bits per heavy atom. The molecule has 1 saturated heterocycles. The van der Waals surface area contributed by atoms with E-state index in [9.17, 15) is 9.90 Å². The topological polar surface area (TPSA) is 77.0 Å². The van der Waals surface area contributed by atoms with Crippen LogP contribution in [-0.2, 0) is 21.4 Å². The summed E-state index contributed by atoms with van der Waals surface area (Å²) in [6.07, 6.45) is 1.80. The lowest BCUT2D eigenvalue weighted by Crippen LogP contribution is -2.45. The number of fused-ring (bicyclic) bond motifs is 1. The van der Waals surface area contributed by atoms with Gasteiger partial charge in [-0.25, -0.2) is 0 Å². The molecule has 0 aromatic heterocycles. The number of nitrogens with one attached hydrogen (secondary N) is 1. The number of ether oxygens (including phenoxy) is 3. The smallest absolute Gasteiger partial charge is 0.231 e. The van der Waals surface area contributed by atoms with Crippen LogP contribution in [0.15, 0.2) is 42.5 Å². The van der Waals surface area contributed by atoms with E-state index >= 15 is 0 Å². The number of carbonyl (C=O) groups excluding carboxylic acids is 1. The van der Waals surface area contributed by atoms with Gasteiger partial charge in [-0.2, -0.15) is 0 Å². The Kier molecular flexibility index (Phi) is 4.90. The zero-order valence-corrected chi connectivity index (χ0v) is 15.1. The van der Waals surface area contributed by atoms with Crippen LogP contribution in [0.3, 0.4) is 0 Å². The van der Waals surface area contributed by atoms with Crippen LogP contribution in [0.25, 0.3) is 0 Å². The lowest BCUT2D eigenvalue weighted by Gasteiger charge is -2.38. The summed E-state index contributed by atoms with van der Waals surface area (Å²) in [5, 5.41) is 12.9. The normalized spacial score (nSPS) is 17.5. The van der Waals surface area contributed by atoms with Crippen molar-refractivity contribution in [2.24, 2.45) is 0 Å². The maximum Gasteiger partial charge on any atom is 0.231 e. The van der Waals surface area contributed by atoms with Gasteiger partial charge >= 0.3 is 0 Å². The molecule has 2 heterocycles. The molecule has 1 amide bonds. The van der Waals surface area contributed by atoms with Crippen molar-refractivity contribution in [3.63, 3.8) is 0 Å². The highest BCUT2D eigenvalue weighted by Gasteiger charge is 2.36. The zero-order chi connectivity index (χ0) is 18.7. The molecule has 2 aliphatic heterocycles. The molecule has 1 fully saturated rings. The van der Waals surface area contributed by atoms with E-state index in [2.05, 4.69) is 5.32 Å². The number of hydrogen-bond acceptors (Lipinski definition) is 5. The number of phenolic OH excluding ortho intramolecular Hbond substituents is 1. The summed E-state index contributed by atoms with van der Waals surface area (Å²) < 4.78 is 16.5. The van der Waals surface area contributed by atoms with Gasteiger partial charge in [-0.15, -0.1) is 0 Å². The highest BCUT2D eigenvalue weighted by atomic mass is 16.7. The third-order valence-corrected chi connectivity index (χ3v) is 5.40. The lowest BCUT2D eigenvalue weighted by atomic mass is 9.74. The van der Waals surface area contributed by atoms with Gasteiger partial charge in [-0.05, 0) is 36.6 Å². The van der Waals surface area contributed by atoms with Crippen LogP contribution >= 0.6 is 0 Å². The van der Waals surface area contributed by atoms with E-state index in [-0.39, 0.29) is 30.3 Å². The summed E-state index contributed by atoms with van der Waals surface area (Å²) in [5.74, 6) is 1.54. The third kappa shape index (κ3) is 3.71. The first kappa shape index (κ1) is 17.7. The SMILES string of the molecule is O=C(Cc1ccccc1O)NCC1(c2ccc3c(c2)OCO3)CCOCC1. The molecule has 0 aliphatic carbocycles. The van der Waals surface area contributed by atoms with Gasteiger partial charge in [0.25, 0.3) is 0 Å². The quantitative estimate of drug-likeness (QED) is 0.847. The maximum atomic E-state index is 12.5. The molecule has 0 radical (unpaired) electrons. The summed E-state index contributed by atoms with van der Waals surface area (Å²) in [5.41, 5.74) is 1.55. The molecule has 4 rings (SSSR count). The maximum absolute atomic E-state index is 12.5. The fourth-order valence-corrected chi connectivity index (χ4v) is 3.72.